The lowest BCUT2D eigenvalue weighted by Gasteiger charge is -2.07. The molecule has 3 aromatic rings. The molecule has 5 nitrogen and oxygen atoms in total. The van der Waals surface area contributed by atoms with Crippen LogP contribution < -0.4 is 11.1 Å². The van der Waals surface area contributed by atoms with Crippen molar-refractivity contribution in [3.8, 4) is 11.3 Å². The quantitative estimate of drug-likeness (QED) is 0.609. The number of primary amides is 1. The molecule has 0 unspecified atom stereocenters. The zero-order valence-electron chi connectivity index (χ0n) is 14.4. The highest BCUT2D eigenvalue weighted by Crippen LogP contribution is 2.31. The van der Waals surface area contributed by atoms with Crippen LogP contribution in [0.5, 0.6) is 0 Å². The monoisotopic (exact) mass is 401 g/mol. The average Bonchev–Trinajstić information content (AvgIpc) is 3.01. The maximum absolute atomic E-state index is 13.1. The molecule has 0 spiro atoms. The zero-order chi connectivity index (χ0) is 19.4. The maximum atomic E-state index is 13.1. The van der Waals surface area contributed by atoms with Crippen molar-refractivity contribution in [2.75, 3.05) is 11.1 Å². The van der Waals surface area contributed by atoms with Crippen LogP contribution in [-0.2, 0) is 4.79 Å². The number of thiazole rings is 1. The fraction of sp³-hybridized carbons (Fsp3) is 0.105. The van der Waals surface area contributed by atoms with Crippen LogP contribution in [0.2, 0.25) is 0 Å². The van der Waals surface area contributed by atoms with Crippen molar-refractivity contribution in [2.24, 2.45) is 5.73 Å². The number of hydrogen-bond acceptors (Lipinski definition) is 5. The second-order valence-corrected chi connectivity index (χ2v) is 7.86. The molecule has 138 valence electrons. The molecule has 0 aliphatic carbocycles. The van der Waals surface area contributed by atoms with E-state index in [4.69, 9.17) is 5.73 Å². The van der Waals surface area contributed by atoms with Gasteiger partial charge in [-0.3, -0.25) is 14.9 Å². The Kier molecular flexibility index (Phi) is 5.88. The molecule has 0 bridgehead atoms. The average molecular weight is 401 g/mol. The summed E-state index contributed by atoms with van der Waals surface area (Å²) in [5.41, 5.74) is 7.11. The van der Waals surface area contributed by atoms with E-state index in [0.29, 0.717) is 21.3 Å². The van der Waals surface area contributed by atoms with Gasteiger partial charge in [-0.05, 0) is 43.3 Å². The minimum absolute atomic E-state index is 0.0926. The van der Waals surface area contributed by atoms with Crippen LogP contribution in [0.4, 0.5) is 9.52 Å². The molecule has 0 aliphatic heterocycles. The zero-order valence-corrected chi connectivity index (χ0v) is 16.0. The van der Waals surface area contributed by atoms with Crippen LogP contribution in [0.15, 0.2) is 53.4 Å². The fourth-order valence-electron chi connectivity index (χ4n) is 2.42. The Hall–Kier alpha value is -2.71. The van der Waals surface area contributed by atoms with E-state index in [1.807, 2.05) is 6.92 Å². The van der Waals surface area contributed by atoms with Gasteiger partial charge in [0, 0.05) is 15.3 Å². The minimum Gasteiger partial charge on any atom is -0.369 e. The summed E-state index contributed by atoms with van der Waals surface area (Å²) in [7, 11) is 0. The molecule has 1 aromatic heterocycles. The molecule has 2 aromatic carbocycles. The second kappa shape index (κ2) is 8.32. The molecule has 27 heavy (non-hydrogen) atoms. The molecule has 8 heteroatoms. The molecule has 0 aliphatic rings. The first-order valence-corrected chi connectivity index (χ1v) is 9.79. The van der Waals surface area contributed by atoms with Gasteiger partial charge in [0.2, 0.25) is 5.91 Å². The maximum Gasteiger partial charge on any atom is 0.258 e. The van der Waals surface area contributed by atoms with Gasteiger partial charge < -0.3 is 5.73 Å². The largest absolute Gasteiger partial charge is 0.369 e. The standard InChI is InChI=1S/C19H16FN3O2S2/c1-11-17(12-6-8-13(20)9-7-12)22-19(27-11)23-18(25)14-4-2-3-5-15(14)26-10-16(21)24/h2-9H,10H2,1H3,(H2,21,24)(H,22,23,25). The first kappa shape index (κ1) is 19.1. The molecule has 3 N–H and O–H groups in total. The Bertz CT molecular complexity index is 987. The van der Waals surface area contributed by atoms with Crippen molar-refractivity contribution in [1.82, 2.24) is 4.98 Å². The predicted molar refractivity (Wildman–Crippen MR) is 107 cm³/mol. The molecule has 0 saturated carbocycles. The van der Waals surface area contributed by atoms with Gasteiger partial charge in [0.1, 0.15) is 5.82 Å². The third-order valence-corrected chi connectivity index (χ3v) is 5.62. The lowest BCUT2D eigenvalue weighted by atomic mass is 10.1. The number of anilines is 1. The van der Waals surface area contributed by atoms with E-state index in [0.717, 1.165) is 10.4 Å². The van der Waals surface area contributed by atoms with E-state index >= 15 is 0 Å². The summed E-state index contributed by atoms with van der Waals surface area (Å²) in [4.78, 5) is 29.7. The van der Waals surface area contributed by atoms with Gasteiger partial charge in [0.25, 0.3) is 5.91 Å². The SMILES string of the molecule is Cc1sc(NC(=O)c2ccccc2SCC(N)=O)nc1-c1ccc(F)cc1. The summed E-state index contributed by atoms with van der Waals surface area (Å²) in [5, 5.41) is 3.24. The summed E-state index contributed by atoms with van der Waals surface area (Å²) in [6.45, 7) is 1.89. The molecule has 1 heterocycles. The highest BCUT2D eigenvalue weighted by molar-refractivity contribution is 8.00. The van der Waals surface area contributed by atoms with E-state index in [2.05, 4.69) is 10.3 Å². The van der Waals surface area contributed by atoms with Crippen molar-refractivity contribution in [2.45, 2.75) is 11.8 Å². The number of nitrogens with two attached hydrogens (primary N) is 1. The lowest BCUT2D eigenvalue weighted by Crippen LogP contribution is -2.15. The van der Waals surface area contributed by atoms with Gasteiger partial charge in [-0.2, -0.15) is 0 Å². The van der Waals surface area contributed by atoms with Crippen molar-refractivity contribution < 1.29 is 14.0 Å². The highest BCUT2D eigenvalue weighted by atomic mass is 32.2. The molecule has 0 saturated heterocycles. The molecule has 0 fully saturated rings. The Labute approximate surface area is 163 Å². The third kappa shape index (κ3) is 4.72. The number of benzene rings is 2. The number of thioether (sulfide) groups is 1. The number of nitrogens with one attached hydrogen (secondary N) is 1. The van der Waals surface area contributed by atoms with Crippen molar-refractivity contribution >= 4 is 40.0 Å². The van der Waals surface area contributed by atoms with Crippen LogP contribution in [0.1, 0.15) is 15.2 Å². The van der Waals surface area contributed by atoms with Gasteiger partial charge in [-0.25, -0.2) is 9.37 Å². The first-order chi connectivity index (χ1) is 12.9. The number of carbonyl (C=O) groups excluding carboxylic acids is 2. The van der Waals surface area contributed by atoms with Gasteiger partial charge in [-0.1, -0.05) is 12.1 Å². The van der Waals surface area contributed by atoms with E-state index in [1.54, 1.807) is 36.4 Å². The summed E-state index contributed by atoms with van der Waals surface area (Å²) >= 11 is 2.56. The second-order valence-electron chi connectivity index (χ2n) is 5.64. The molecular formula is C19H16FN3O2S2. The van der Waals surface area contributed by atoms with Crippen LogP contribution >= 0.6 is 23.1 Å². The number of hydrogen-bond donors (Lipinski definition) is 2. The summed E-state index contributed by atoms with van der Waals surface area (Å²) < 4.78 is 13.1. The van der Waals surface area contributed by atoms with E-state index < -0.39 is 5.91 Å². The Morgan fingerprint density at radius 2 is 1.89 bits per heavy atom. The number of amides is 2. The Morgan fingerprint density at radius 3 is 2.59 bits per heavy atom. The normalized spacial score (nSPS) is 10.6. The Morgan fingerprint density at radius 1 is 1.19 bits per heavy atom. The summed E-state index contributed by atoms with van der Waals surface area (Å²) in [6, 6.07) is 13.0. The van der Waals surface area contributed by atoms with Crippen LogP contribution in [0.3, 0.4) is 0 Å². The Balaban J connectivity index is 1.80. The number of halogens is 1. The van der Waals surface area contributed by atoms with E-state index in [9.17, 15) is 14.0 Å². The molecular weight excluding hydrogens is 385 g/mol. The molecule has 3 rings (SSSR count). The fourth-order valence-corrected chi connectivity index (χ4v) is 4.04. The van der Waals surface area contributed by atoms with Gasteiger partial charge in [0.05, 0.1) is 17.0 Å². The molecule has 2 amide bonds. The number of carbonyl (C=O) groups is 2. The molecule has 0 atom stereocenters. The topological polar surface area (TPSA) is 85.1 Å². The summed E-state index contributed by atoms with van der Waals surface area (Å²) in [5.74, 6) is -0.989. The van der Waals surface area contributed by atoms with Crippen LogP contribution in [-0.4, -0.2) is 22.6 Å². The van der Waals surface area contributed by atoms with E-state index in [1.165, 1.54) is 35.2 Å². The number of nitrogens with zero attached hydrogens (tertiary/aromatic N) is 1. The van der Waals surface area contributed by atoms with Crippen molar-refractivity contribution in [3.63, 3.8) is 0 Å². The minimum atomic E-state index is -0.449. The third-order valence-electron chi connectivity index (χ3n) is 3.64. The number of aryl methyl sites for hydroxylation is 1. The van der Waals surface area contributed by atoms with Crippen molar-refractivity contribution in [1.29, 1.82) is 0 Å². The van der Waals surface area contributed by atoms with Gasteiger partial charge in [0.15, 0.2) is 5.13 Å². The lowest BCUT2D eigenvalue weighted by molar-refractivity contribution is -0.115. The summed E-state index contributed by atoms with van der Waals surface area (Å²) in [6.07, 6.45) is 0. The number of aromatic nitrogens is 1. The highest BCUT2D eigenvalue weighted by Gasteiger charge is 2.16. The number of rotatable bonds is 6. The van der Waals surface area contributed by atoms with Gasteiger partial charge in [-0.15, -0.1) is 23.1 Å². The van der Waals surface area contributed by atoms with Crippen LogP contribution in [0, 0.1) is 12.7 Å². The first-order valence-electron chi connectivity index (χ1n) is 7.99. The predicted octanol–water partition coefficient (Wildman–Crippen LogP) is 4.09. The molecule has 0 radical (unpaired) electrons. The van der Waals surface area contributed by atoms with E-state index in [-0.39, 0.29) is 17.5 Å². The van der Waals surface area contributed by atoms with Gasteiger partial charge >= 0.3 is 0 Å². The van der Waals surface area contributed by atoms with Crippen molar-refractivity contribution in [3.05, 3.63) is 64.8 Å². The van der Waals surface area contributed by atoms with Crippen LogP contribution in [0.25, 0.3) is 11.3 Å². The smallest absolute Gasteiger partial charge is 0.258 e.